The second-order valence-electron chi connectivity index (χ2n) is 5.57. The Bertz CT molecular complexity index is 1010. The van der Waals surface area contributed by atoms with Crippen molar-refractivity contribution in [2.75, 3.05) is 5.32 Å². The number of carbonyl (C=O) groups is 1. The van der Waals surface area contributed by atoms with Gasteiger partial charge in [-0.1, -0.05) is 42.5 Å². The third-order valence-corrected chi connectivity index (χ3v) is 3.73. The van der Waals surface area contributed by atoms with Gasteiger partial charge in [-0.3, -0.25) is 10.1 Å². The molecule has 4 rings (SSSR count). The maximum atomic E-state index is 12.4. The molecule has 0 aliphatic rings. The van der Waals surface area contributed by atoms with E-state index < -0.39 is 5.91 Å². The molecule has 7 heteroatoms. The predicted molar refractivity (Wildman–Crippen MR) is 96.9 cm³/mol. The average molecular weight is 345 g/mol. The number of ether oxygens (including phenoxy) is 1. The zero-order valence-electron chi connectivity index (χ0n) is 13.7. The van der Waals surface area contributed by atoms with Crippen molar-refractivity contribution in [2.24, 2.45) is 0 Å². The van der Waals surface area contributed by atoms with Crippen LogP contribution in [0.5, 0.6) is 5.88 Å². The normalized spacial score (nSPS) is 10.6. The highest BCUT2D eigenvalue weighted by molar-refractivity contribution is 6.02. The van der Waals surface area contributed by atoms with Crippen LogP contribution in [-0.4, -0.2) is 25.8 Å². The summed E-state index contributed by atoms with van der Waals surface area (Å²) >= 11 is 0. The Morgan fingerprint density at radius 3 is 2.69 bits per heavy atom. The van der Waals surface area contributed by atoms with Gasteiger partial charge in [-0.05, 0) is 17.7 Å². The second-order valence-corrected chi connectivity index (χ2v) is 5.57. The van der Waals surface area contributed by atoms with Crippen LogP contribution >= 0.6 is 0 Å². The Balaban J connectivity index is 1.45. The topological polar surface area (TPSA) is 92.8 Å². The lowest BCUT2D eigenvalue weighted by molar-refractivity contribution is 0.102. The monoisotopic (exact) mass is 345 g/mol. The van der Waals surface area contributed by atoms with Crippen LogP contribution in [0.2, 0.25) is 0 Å². The van der Waals surface area contributed by atoms with Crippen LogP contribution in [0.3, 0.4) is 0 Å². The largest absolute Gasteiger partial charge is 0.473 e. The summed E-state index contributed by atoms with van der Waals surface area (Å²) in [7, 11) is 0. The number of nitrogens with zero attached hydrogens (tertiary/aromatic N) is 3. The number of nitrogens with one attached hydrogen (secondary N) is 2. The van der Waals surface area contributed by atoms with Crippen LogP contribution in [0.1, 0.15) is 16.1 Å². The van der Waals surface area contributed by atoms with E-state index in [1.165, 1.54) is 12.4 Å². The van der Waals surface area contributed by atoms with E-state index in [1.807, 2.05) is 54.6 Å². The van der Waals surface area contributed by atoms with Gasteiger partial charge in [0.2, 0.25) is 11.8 Å². The number of carbonyl (C=O) groups excluding carboxylic acids is 1. The number of fused-ring (bicyclic) bond motifs is 1. The molecule has 0 aliphatic carbocycles. The Kier molecular flexibility index (Phi) is 4.26. The van der Waals surface area contributed by atoms with E-state index in [2.05, 4.69) is 25.3 Å². The Morgan fingerprint density at radius 1 is 1.04 bits per heavy atom. The molecule has 2 heterocycles. The molecule has 0 fully saturated rings. The van der Waals surface area contributed by atoms with E-state index in [4.69, 9.17) is 4.74 Å². The summed E-state index contributed by atoms with van der Waals surface area (Å²) in [5.41, 5.74) is 2.83. The zero-order chi connectivity index (χ0) is 17.8. The van der Waals surface area contributed by atoms with Gasteiger partial charge in [0.15, 0.2) is 0 Å². The molecule has 1 amide bonds. The van der Waals surface area contributed by atoms with Gasteiger partial charge in [-0.25, -0.2) is 15.0 Å². The van der Waals surface area contributed by atoms with Gasteiger partial charge in [0.05, 0.1) is 11.0 Å². The first-order valence-electron chi connectivity index (χ1n) is 8.03. The molecule has 128 valence electrons. The lowest BCUT2D eigenvalue weighted by Crippen LogP contribution is -2.15. The van der Waals surface area contributed by atoms with Gasteiger partial charge in [-0.2, -0.15) is 0 Å². The first-order chi connectivity index (χ1) is 12.8. The summed E-state index contributed by atoms with van der Waals surface area (Å²) in [5.74, 6) is 0.302. The quantitative estimate of drug-likeness (QED) is 0.579. The number of H-pyrrole nitrogens is 1. The van der Waals surface area contributed by atoms with E-state index >= 15 is 0 Å². The number of amides is 1. The lowest BCUT2D eigenvalue weighted by atomic mass is 10.2. The fraction of sp³-hybridized carbons (Fsp3) is 0.0526. The molecule has 0 aliphatic heterocycles. The van der Waals surface area contributed by atoms with Gasteiger partial charge >= 0.3 is 0 Å². The molecule has 0 spiro atoms. The number of aromatic nitrogens is 4. The van der Waals surface area contributed by atoms with Gasteiger partial charge in [0, 0.05) is 6.07 Å². The third-order valence-electron chi connectivity index (χ3n) is 3.73. The van der Waals surface area contributed by atoms with Crippen molar-refractivity contribution >= 4 is 22.9 Å². The first kappa shape index (κ1) is 15.8. The van der Waals surface area contributed by atoms with Crippen LogP contribution in [-0.2, 0) is 6.61 Å². The Hall–Kier alpha value is -3.74. The van der Waals surface area contributed by atoms with E-state index in [0.29, 0.717) is 18.4 Å². The summed E-state index contributed by atoms with van der Waals surface area (Å²) in [6.07, 6.45) is 1.30. The SMILES string of the molecule is O=C(Nc1nc2ccccc2[nH]1)c1cc(OCc2ccccc2)ncn1. The average Bonchev–Trinajstić information content (AvgIpc) is 3.09. The molecule has 7 nitrogen and oxygen atoms in total. The van der Waals surface area contributed by atoms with Crippen LogP contribution in [0.4, 0.5) is 5.95 Å². The molecule has 0 unspecified atom stereocenters. The minimum atomic E-state index is -0.393. The number of aromatic amines is 1. The fourth-order valence-corrected chi connectivity index (χ4v) is 2.46. The van der Waals surface area contributed by atoms with Crippen LogP contribution < -0.4 is 10.1 Å². The highest BCUT2D eigenvalue weighted by Gasteiger charge is 2.12. The van der Waals surface area contributed by atoms with Crippen LogP contribution in [0, 0.1) is 0 Å². The molecule has 0 atom stereocenters. The number of anilines is 1. The maximum Gasteiger partial charge on any atom is 0.276 e. The molecule has 0 radical (unpaired) electrons. The summed E-state index contributed by atoms with van der Waals surface area (Å²) in [4.78, 5) is 27.8. The van der Waals surface area contributed by atoms with Crippen molar-refractivity contribution in [1.82, 2.24) is 19.9 Å². The second kappa shape index (κ2) is 7.02. The first-order valence-corrected chi connectivity index (χ1v) is 8.03. The van der Waals surface area contributed by atoms with Gasteiger partial charge in [-0.15, -0.1) is 0 Å². The fourth-order valence-electron chi connectivity index (χ4n) is 2.46. The predicted octanol–water partition coefficient (Wildman–Crippen LogP) is 3.18. The minimum Gasteiger partial charge on any atom is -0.473 e. The molecule has 4 aromatic rings. The van der Waals surface area contributed by atoms with Crippen molar-refractivity contribution in [1.29, 1.82) is 0 Å². The molecule has 0 saturated carbocycles. The maximum absolute atomic E-state index is 12.4. The molecule has 2 aromatic heterocycles. The van der Waals surface area contributed by atoms with E-state index in [-0.39, 0.29) is 5.69 Å². The highest BCUT2D eigenvalue weighted by Crippen LogP contribution is 2.15. The minimum absolute atomic E-state index is 0.198. The standard InChI is InChI=1S/C19H15N5O2/c25-18(24-19-22-14-8-4-5-9-15(14)23-19)16-10-17(21-12-20-16)26-11-13-6-2-1-3-7-13/h1-10,12H,11H2,(H2,22,23,24,25). The smallest absolute Gasteiger partial charge is 0.276 e. The van der Waals surface area contributed by atoms with Crippen LogP contribution in [0.15, 0.2) is 67.0 Å². The lowest BCUT2D eigenvalue weighted by Gasteiger charge is -2.06. The molecule has 26 heavy (non-hydrogen) atoms. The van der Waals surface area contributed by atoms with Crippen molar-refractivity contribution < 1.29 is 9.53 Å². The number of hydrogen-bond acceptors (Lipinski definition) is 5. The third kappa shape index (κ3) is 3.51. The number of benzene rings is 2. The van der Waals surface area contributed by atoms with E-state index in [1.54, 1.807) is 0 Å². The van der Waals surface area contributed by atoms with Crippen molar-refractivity contribution in [3.8, 4) is 5.88 Å². The highest BCUT2D eigenvalue weighted by atomic mass is 16.5. The molecule has 2 aromatic carbocycles. The van der Waals surface area contributed by atoms with Crippen LogP contribution in [0.25, 0.3) is 11.0 Å². The van der Waals surface area contributed by atoms with Crippen molar-refractivity contribution in [3.05, 3.63) is 78.2 Å². The summed E-state index contributed by atoms with van der Waals surface area (Å²) in [6.45, 7) is 0.364. The van der Waals surface area contributed by atoms with Gasteiger partial charge in [0.1, 0.15) is 18.6 Å². The Labute approximate surface area is 149 Å². The molecule has 0 bridgehead atoms. The molecule has 2 N–H and O–H groups in total. The van der Waals surface area contributed by atoms with E-state index in [9.17, 15) is 4.79 Å². The van der Waals surface area contributed by atoms with Crippen molar-refractivity contribution in [2.45, 2.75) is 6.61 Å². The zero-order valence-corrected chi connectivity index (χ0v) is 13.7. The summed E-state index contributed by atoms with van der Waals surface area (Å²) < 4.78 is 5.63. The number of para-hydroxylation sites is 2. The Morgan fingerprint density at radius 2 is 1.85 bits per heavy atom. The number of rotatable bonds is 5. The van der Waals surface area contributed by atoms with E-state index in [0.717, 1.165) is 16.6 Å². The van der Waals surface area contributed by atoms with Gasteiger partial charge < -0.3 is 9.72 Å². The number of imidazole rings is 1. The summed E-state index contributed by atoms with van der Waals surface area (Å²) in [6, 6.07) is 18.8. The molecular formula is C19H15N5O2. The number of hydrogen-bond donors (Lipinski definition) is 2. The van der Waals surface area contributed by atoms with Crippen molar-refractivity contribution in [3.63, 3.8) is 0 Å². The van der Waals surface area contributed by atoms with Gasteiger partial charge in [0.25, 0.3) is 5.91 Å². The molecular weight excluding hydrogens is 330 g/mol. The summed E-state index contributed by atoms with van der Waals surface area (Å²) in [5, 5.41) is 2.70. The molecule has 0 saturated heterocycles.